The van der Waals surface area contributed by atoms with Gasteiger partial charge in [0.15, 0.2) is 0 Å². The van der Waals surface area contributed by atoms with E-state index in [1.165, 1.54) is 53.3 Å². The van der Waals surface area contributed by atoms with Gasteiger partial charge in [-0.05, 0) is 25.7 Å². The standard InChI is InChI=1S/C29H44F18N2O14Si2/c1-52-64(53-2,54-3)17-13-9-7-11-15-48-19(50)58-21(30,31)22(32,33)60-23(34,35)24(36,37)61-25(38,39)26(40,41)62-27(42,43)28(44,45)63-29(46,47)59-20(51)49-16-12-8-10-14-18-65(55-4,56-5)57-6/h7-18H2,1-6H3,(H,48,50)(H,49,51). The molecule has 0 saturated carbocycles. The van der Waals surface area contributed by atoms with Gasteiger partial charge >= 0.3 is 85.0 Å². The van der Waals surface area contributed by atoms with Gasteiger partial charge in [0.1, 0.15) is 0 Å². The van der Waals surface area contributed by atoms with Gasteiger partial charge in [-0.25, -0.2) is 28.5 Å². The minimum Gasteiger partial charge on any atom is -0.377 e. The van der Waals surface area contributed by atoms with E-state index >= 15 is 0 Å². The summed E-state index contributed by atoms with van der Waals surface area (Å²) in [5.41, 5.74) is 0. The van der Waals surface area contributed by atoms with Gasteiger partial charge in [-0.2, -0.15) is 70.2 Å². The smallest absolute Gasteiger partial charge is 0.377 e. The fourth-order valence-electron chi connectivity index (χ4n) is 4.56. The van der Waals surface area contributed by atoms with Gasteiger partial charge in [0, 0.05) is 67.8 Å². The molecule has 0 rings (SSSR count). The first-order valence-electron chi connectivity index (χ1n) is 17.8. The SMILES string of the molecule is CO[Si](CCCCCCNC(=O)OC(F)(F)OC(F)(F)C(F)(F)OC(F)(F)C(F)(F)OC(F)(F)C(F)(F)OC(F)(F)C(F)(F)OC(=O)NCCCCCC[Si](OC)(OC)OC)(OC)OC. The van der Waals surface area contributed by atoms with Crippen LogP contribution in [0.3, 0.4) is 0 Å². The van der Waals surface area contributed by atoms with Gasteiger partial charge in [0.2, 0.25) is 0 Å². The highest BCUT2D eigenvalue weighted by atomic mass is 28.4. The van der Waals surface area contributed by atoms with E-state index in [1.54, 1.807) is 14.2 Å². The number of unbranched alkanes of at least 4 members (excludes halogenated alkanes) is 6. The normalized spacial score (nSPS) is 14.4. The summed E-state index contributed by atoms with van der Waals surface area (Å²) in [5, 5.41) is 2.91. The first kappa shape index (κ1) is 62.3. The van der Waals surface area contributed by atoms with Gasteiger partial charge in [-0.1, -0.05) is 25.7 Å². The minimum absolute atomic E-state index is 0.0399. The van der Waals surface area contributed by atoms with Crippen molar-refractivity contribution in [3.8, 4) is 0 Å². The summed E-state index contributed by atoms with van der Waals surface area (Å²) in [7, 11) is 1.97. The third-order valence-electron chi connectivity index (χ3n) is 8.03. The van der Waals surface area contributed by atoms with E-state index in [2.05, 4.69) is 14.2 Å². The monoisotopic (exact) mass is 1040 g/mol. The molecule has 0 bridgehead atoms. The number of alkyl carbamates (subject to hydrolysis) is 2. The zero-order valence-electron chi connectivity index (χ0n) is 34.5. The summed E-state index contributed by atoms with van der Waals surface area (Å²) in [6.45, 7) is -1.22. The van der Waals surface area contributed by atoms with Gasteiger partial charge in [0.25, 0.3) is 0 Å². The van der Waals surface area contributed by atoms with Crippen LogP contribution >= 0.6 is 0 Å². The number of hydrogen-bond donors (Lipinski definition) is 2. The molecule has 36 heteroatoms. The van der Waals surface area contributed by atoms with Crippen LogP contribution in [0.4, 0.5) is 88.6 Å². The second kappa shape index (κ2) is 24.6. The van der Waals surface area contributed by atoms with Gasteiger partial charge in [0.05, 0.1) is 0 Å². The van der Waals surface area contributed by atoms with Gasteiger partial charge < -0.3 is 46.7 Å². The predicted molar refractivity (Wildman–Crippen MR) is 178 cm³/mol. The van der Waals surface area contributed by atoms with Crippen molar-refractivity contribution in [1.82, 2.24) is 10.6 Å². The van der Waals surface area contributed by atoms with Crippen molar-refractivity contribution in [3.63, 3.8) is 0 Å². The summed E-state index contributed by atoms with van der Waals surface area (Å²) in [6, 6.07) is 0.599. The van der Waals surface area contributed by atoms with Crippen LogP contribution in [0.25, 0.3) is 0 Å². The van der Waals surface area contributed by atoms with Gasteiger partial charge in [-0.3, -0.25) is 0 Å². The highest BCUT2D eigenvalue weighted by molar-refractivity contribution is 6.60. The van der Waals surface area contributed by atoms with Crippen molar-refractivity contribution in [3.05, 3.63) is 0 Å². The van der Waals surface area contributed by atoms with Crippen LogP contribution in [0.2, 0.25) is 12.1 Å². The third-order valence-corrected chi connectivity index (χ3v) is 13.7. The van der Waals surface area contributed by atoms with Crippen molar-refractivity contribution in [2.24, 2.45) is 0 Å². The molecule has 0 aliphatic rings. The number of carbonyl (C=O) groups is 2. The number of hydrogen-bond acceptors (Lipinski definition) is 14. The number of halogens is 18. The Bertz CT molecular complexity index is 1440. The molecule has 0 atom stereocenters. The molecule has 0 unspecified atom stereocenters. The average molecular weight is 1040 g/mol. The number of amides is 2. The number of carbonyl (C=O) groups excluding carboxylic acids is 2. The van der Waals surface area contributed by atoms with E-state index in [-0.39, 0.29) is 31.7 Å². The first-order valence-corrected chi connectivity index (χ1v) is 21.7. The Morgan fingerprint density at radius 3 is 0.892 bits per heavy atom. The number of rotatable bonds is 34. The van der Waals surface area contributed by atoms with Crippen LogP contribution in [0, 0.1) is 0 Å². The van der Waals surface area contributed by atoms with E-state index in [0.29, 0.717) is 31.7 Å². The molecular weight excluding hydrogens is 998 g/mol. The Labute approximate surface area is 358 Å². The Kier molecular flexibility index (Phi) is 23.5. The molecule has 0 aromatic heterocycles. The topological polar surface area (TPSA) is 169 Å². The van der Waals surface area contributed by atoms with Crippen LogP contribution in [0.1, 0.15) is 51.4 Å². The molecule has 2 amide bonds. The molecule has 2 N–H and O–H groups in total. The molecule has 0 radical (unpaired) electrons. The Morgan fingerprint density at radius 1 is 0.354 bits per heavy atom. The molecule has 388 valence electrons. The molecule has 65 heavy (non-hydrogen) atoms. The minimum atomic E-state index is -7.87. The van der Waals surface area contributed by atoms with Crippen molar-refractivity contribution in [2.45, 2.75) is 119 Å². The molecule has 0 spiro atoms. The van der Waals surface area contributed by atoms with Crippen LogP contribution in [-0.2, 0) is 55.0 Å². The summed E-state index contributed by atoms with van der Waals surface area (Å²) < 4.78 is 293. The molecule has 16 nitrogen and oxygen atoms in total. The van der Waals surface area contributed by atoms with Crippen LogP contribution < -0.4 is 10.6 Å². The van der Waals surface area contributed by atoms with Crippen LogP contribution in [0.5, 0.6) is 0 Å². The van der Waals surface area contributed by atoms with Crippen molar-refractivity contribution < 1.29 is 144 Å². The predicted octanol–water partition coefficient (Wildman–Crippen LogP) is 8.67. The van der Waals surface area contributed by atoms with E-state index < -0.39 is 98.0 Å². The molecule has 0 heterocycles. The Hall–Kier alpha value is -2.69. The lowest BCUT2D eigenvalue weighted by Crippen LogP contribution is -2.61. The molecule has 0 aromatic rings. The molecule has 0 saturated heterocycles. The molecule has 0 aliphatic heterocycles. The van der Waals surface area contributed by atoms with Crippen molar-refractivity contribution in [1.29, 1.82) is 0 Å². The van der Waals surface area contributed by atoms with Crippen molar-refractivity contribution in [2.75, 3.05) is 55.7 Å². The first-order chi connectivity index (χ1) is 29.4. The molecular formula is C29H44F18N2O14Si2. The maximum absolute atomic E-state index is 13.9. The lowest BCUT2D eigenvalue weighted by molar-refractivity contribution is -0.587. The molecule has 0 fully saturated rings. The maximum atomic E-state index is 13.9. The molecule has 0 aromatic carbocycles. The Morgan fingerprint density at radius 2 is 0.600 bits per heavy atom. The van der Waals surface area contributed by atoms with Crippen LogP contribution in [0.15, 0.2) is 0 Å². The number of ether oxygens (including phenoxy) is 6. The van der Waals surface area contributed by atoms with E-state index in [4.69, 9.17) is 26.6 Å². The maximum Gasteiger partial charge on any atom is 0.543 e. The number of alkyl halides is 18. The fourth-order valence-corrected chi connectivity index (χ4v) is 8.15. The lowest BCUT2D eigenvalue weighted by Gasteiger charge is -2.35. The summed E-state index contributed by atoms with van der Waals surface area (Å²) in [5.74, 6) is 0. The summed E-state index contributed by atoms with van der Waals surface area (Å²) in [6.07, 6.45) is -69.6. The van der Waals surface area contributed by atoms with Crippen LogP contribution in [-0.4, -0.2) is 141 Å². The number of nitrogens with one attached hydrogen (secondary N) is 2. The quantitative estimate of drug-likeness (QED) is 0.0272. The fraction of sp³-hybridized carbons (Fsp3) is 0.931. The Balaban J connectivity index is 5.45. The average Bonchev–Trinajstić information content (AvgIpc) is 3.15. The zero-order chi connectivity index (χ0) is 51.0. The summed E-state index contributed by atoms with van der Waals surface area (Å²) in [4.78, 5) is 23.0. The highest BCUT2D eigenvalue weighted by Gasteiger charge is 2.79. The van der Waals surface area contributed by atoms with Gasteiger partial charge in [-0.15, -0.1) is 8.78 Å². The zero-order valence-corrected chi connectivity index (χ0v) is 36.5. The lowest BCUT2D eigenvalue weighted by atomic mass is 10.2. The van der Waals surface area contributed by atoms with E-state index in [9.17, 15) is 88.6 Å². The second-order valence-corrected chi connectivity index (χ2v) is 18.7. The second-order valence-electron chi connectivity index (χ2n) is 12.6. The largest absolute Gasteiger partial charge is 0.543 e. The molecule has 0 aliphatic carbocycles. The van der Waals surface area contributed by atoms with E-state index in [1.807, 2.05) is 0 Å². The third kappa shape index (κ3) is 18.7. The highest BCUT2D eigenvalue weighted by Crippen LogP contribution is 2.52. The van der Waals surface area contributed by atoms with Crippen molar-refractivity contribution >= 4 is 29.8 Å². The summed E-state index contributed by atoms with van der Waals surface area (Å²) >= 11 is 0. The van der Waals surface area contributed by atoms with E-state index in [0.717, 1.165) is 0 Å².